The summed E-state index contributed by atoms with van der Waals surface area (Å²) in [5, 5.41) is 1.27. The third-order valence-electron chi connectivity index (χ3n) is 3.08. The predicted molar refractivity (Wildman–Crippen MR) is 64.2 cm³/mol. The fraction of sp³-hybridized carbons (Fsp3) is 0.385. The van der Waals surface area contributed by atoms with Gasteiger partial charge in [-0.3, -0.25) is 9.80 Å². The molecule has 0 spiro atoms. The van der Waals surface area contributed by atoms with Crippen LogP contribution in [0.4, 0.5) is 13.2 Å². The smallest absolute Gasteiger partial charge is 0.302 e. The van der Waals surface area contributed by atoms with Gasteiger partial charge in [-0.1, -0.05) is 12.1 Å². The number of amides is 1. The summed E-state index contributed by atoms with van der Waals surface area (Å²) in [4.78, 5) is 22.3. The number of nitrogens with zero attached hydrogens (tertiary/aromatic N) is 1. The molecule has 7 heteroatoms. The highest BCUT2D eigenvalue weighted by Crippen LogP contribution is 2.29. The first kappa shape index (κ1) is 14.5. The van der Waals surface area contributed by atoms with Crippen LogP contribution in [0.25, 0.3) is 0 Å². The van der Waals surface area contributed by atoms with Crippen LogP contribution < -0.4 is 5.43 Å². The lowest BCUT2D eigenvalue weighted by Gasteiger charge is -2.31. The third kappa shape index (κ3) is 3.36. The molecule has 1 amide bonds. The minimum absolute atomic E-state index is 0.126. The van der Waals surface area contributed by atoms with Crippen LogP contribution in [0, 0.1) is 0 Å². The van der Waals surface area contributed by atoms with Crippen molar-refractivity contribution >= 4 is 12.2 Å². The molecule has 20 heavy (non-hydrogen) atoms. The second-order valence-corrected chi connectivity index (χ2v) is 4.58. The average molecular weight is 286 g/mol. The van der Waals surface area contributed by atoms with E-state index in [0.29, 0.717) is 18.3 Å². The van der Waals surface area contributed by atoms with Gasteiger partial charge in [-0.15, -0.1) is 0 Å². The molecule has 108 valence electrons. The molecular weight excluding hydrogens is 273 g/mol. The lowest BCUT2D eigenvalue weighted by Crippen LogP contribution is -2.52. The standard InChI is InChI=1S/C13H13F3N2O2/c14-13(15,16)10-3-1-9(2-4-10)7-18-12(20)6-5-11(8-19)17-18/h1-4,8,11,17H,5-7H2. The molecule has 1 atom stereocenters. The Hall–Kier alpha value is -1.89. The lowest BCUT2D eigenvalue weighted by molar-refractivity contribution is -0.141. The molecule has 1 aromatic carbocycles. The van der Waals surface area contributed by atoms with E-state index in [4.69, 9.17) is 0 Å². The second-order valence-electron chi connectivity index (χ2n) is 4.58. The van der Waals surface area contributed by atoms with Crippen molar-refractivity contribution in [3.05, 3.63) is 35.4 Å². The van der Waals surface area contributed by atoms with Crippen LogP contribution in [0.3, 0.4) is 0 Å². The highest BCUT2D eigenvalue weighted by Gasteiger charge is 2.30. The molecule has 1 unspecified atom stereocenters. The van der Waals surface area contributed by atoms with Crippen molar-refractivity contribution in [3.8, 4) is 0 Å². The molecule has 0 radical (unpaired) electrons. The van der Waals surface area contributed by atoms with Crippen molar-refractivity contribution in [2.24, 2.45) is 0 Å². The van der Waals surface area contributed by atoms with Crippen LogP contribution in [0.1, 0.15) is 24.0 Å². The number of carbonyl (C=O) groups excluding carboxylic acids is 2. The normalized spacial score (nSPS) is 20.1. The van der Waals surface area contributed by atoms with E-state index in [1.807, 2.05) is 0 Å². The zero-order valence-electron chi connectivity index (χ0n) is 10.5. The number of carbonyl (C=O) groups is 2. The maximum Gasteiger partial charge on any atom is 0.416 e. The van der Waals surface area contributed by atoms with Gasteiger partial charge in [0.2, 0.25) is 5.91 Å². The number of alkyl halides is 3. The number of hydrazine groups is 1. The Balaban J connectivity index is 2.05. The molecule has 1 aliphatic heterocycles. The van der Waals surface area contributed by atoms with Gasteiger partial charge in [-0.25, -0.2) is 5.43 Å². The first-order chi connectivity index (χ1) is 9.40. The Morgan fingerprint density at radius 3 is 2.50 bits per heavy atom. The zero-order chi connectivity index (χ0) is 14.8. The van der Waals surface area contributed by atoms with Gasteiger partial charge in [0.15, 0.2) is 0 Å². The quantitative estimate of drug-likeness (QED) is 0.863. The van der Waals surface area contributed by atoms with Crippen molar-refractivity contribution in [2.45, 2.75) is 31.6 Å². The molecule has 2 rings (SSSR count). The highest BCUT2D eigenvalue weighted by molar-refractivity contribution is 5.78. The number of hydrogen-bond acceptors (Lipinski definition) is 3. The molecule has 1 fully saturated rings. The summed E-state index contributed by atoms with van der Waals surface area (Å²) in [6.07, 6.45) is -2.98. The van der Waals surface area contributed by atoms with Crippen LogP contribution in [-0.4, -0.2) is 23.2 Å². The van der Waals surface area contributed by atoms with Gasteiger partial charge in [-0.2, -0.15) is 13.2 Å². The van der Waals surface area contributed by atoms with E-state index < -0.39 is 17.8 Å². The monoisotopic (exact) mass is 286 g/mol. The number of rotatable bonds is 3. The minimum atomic E-state index is -4.37. The fourth-order valence-electron chi connectivity index (χ4n) is 1.96. The molecule has 0 aliphatic carbocycles. The van der Waals surface area contributed by atoms with Crippen molar-refractivity contribution in [1.82, 2.24) is 10.4 Å². The summed E-state index contributed by atoms with van der Waals surface area (Å²) in [5.41, 5.74) is 2.57. The molecule has 0 bridgehead atoms. The minimum Gasteiger partial charge on any atom is -0.302 e. The van der Waals surface area contributed by atoms with E-state index in [9.17, 15) is 22.8 Å². The van der Waals surface area contributed by atoms with Gasteiger partial charge in [0.05, 0.1) is 18.2 Å². The molecule has 1 saturated heterocycles. The SMILES string of the molecule is O=CC1CCC(=O)N(Cc2ccc(C(F)(F)F)cc2)N1. The second kappa shape index (κ2) is 5.62. The summed E-state index contributed by atoms with van der Waals surface area (Å²) in [5.74, 6) is -0.178. The maximum atomic E-state index is 12.4. The Bertz CT molecular complexity index is 499. The fourth-order valence-corrected chi connectivity index (χ4v) is 1.96. The molecule has 0 saturated carbocycles. The highest BCUT2D eigenvalue weighted by atomic mass is 19.4. The van der Waals surface area contributed by atoms with Gasteiger partial charge in [-0.05, 0) is 24.1 Å². The Morgan fingerprint density at radius 1 is 1.30 bits per heavy atom. The van der Waals surface area contributed by atoms with Crippen molar-refractivity contribution in [1.29, 1.82) is 0 Å². The number of halogens is 3. The van der Waals surface area contributed by atoms with Gasteiger partial charge in [0.25, 0.3) is 0 Å². The molecular formula is C13H13F3N2O2. The summed E-state index contributed by atoms with van der Waals surface area (Å²) < 4.78 is 37.3. The number of benzene rings is 1. The number of hydrogen-bond donors (Lipinski definition) is 1. The first-order valence-corrected chi connectivity index (χ1v) is 6.08. The van der Waals surface area contributed by atoms with Gasteiger partial charge in [0, 0.05) is 6.42 Å². The summed E-state index contributed by atoms with van der Waals surface area (Å²) in [6, 6.07) is 4.16. The van der Waals surface area contributed by atoms with Crippen LogP contribution in [0.2, 0.25) is 0 Å². The van der Waals surface area contributed by atoms with Gasteiger partial charge >= 0.3 is 6.18 Å². The Labute approximate surface area is 113 Å². The largest absolute Gasteiger partial charge is 0.416 e. The van der Waals surface area contributed by atoms with E-state index in [1.54, 1.807) is 0 Å². The number of aldehydes is 1. The van der Waals surface area contributed by atoms with E-state index in [0.717, 1.165) is 12.1 Å². The third-order valence-corrected chi connectivity index (χ3v) is 3.08. The Morgan fingerprint density at radius 2 is 1.95 bits per heavy atom. The van der Waals surface area contributed by atoms with Crippen molar-refractivity contribution in [2.75, 3.05) is 0 Å². The van der Waals surface area contributed by atoms with Crippen LogP contribution in [0.15, 0.2) is 24.3 Å². The topological polar surface area (TPSA) is 49.4 Å². The molecule has 1 heterocycles. The lowest BCUT2D eigenvalue weighted by atomic mass is 10.1. The molecule has 0 aromatic heterocycles. The summed E-state index contributed by atoms with van der Waals surface area (Å²) >= 11 is 0. The summed E-state index contributed by atoms with van der Waals surface area (Å²) in [6.45, 7) is 0.126. The van der Waals surface area contributed by atoms with Crippen LogP contribution >= 0.6 is 0 Å². The Kier molecular flexibility index (Phi) is 4.08. The number of nitrogens with one attached hydrogen (secondary N) is 1. The molecule has 1 aliphatic rings. The van der Waals surface area contributed by atoms with E-state index >= 15 is 0 Å². The van der Waals surface area contributed by atoms with E-state index in [1.165, 1.54) is 17.1 Å². The van der Waals surface area contributed by atoms with Crippen molar-refractivity contribution in [3.63, 3.8) is 0 Å². The maximum absolute atomic E-state index is 12.4. The summed E-state index contributed by atoms with van der Waals surface area (Å²) in [7, 11) is 0. The van der Waals surface area contributed by atoms with Crippen LogP contribution in [0.5, 0.6) is 0 Å². The predicted octanol–water partition coefficient (Wildman–Crippen LogP) is 1.90. The molecule has 1 N–H and O–H groups in total. The van der Waals surface area contributed by atoms with E-state index in [2.05, 4.69) is 5.43 Å². The molecule has 4 nitrogen and oxygen atoms in total. The first-order valence-electron chi connectivity index (χ1n) is 6.08. The molecule has 1 aromatic rings. The van der Waals surface area contributed by atoms with Gasteiger partial charge in [0.1, 0.15) is 6.29 Å². The van der Waals surface area contributed by atoms with Gasteiger partial charge < -0.3 is 4.79 Å². The zero-order valence-corrected chi connectivity index (χ0v) is 10.5. The van der Waals surface area contributed by atoms with Crippen LogP contribution in [-0.2, 0) is 22.3 Å². The van der Waals surface area contributed by atoms with Crippen molar-refractivity contribution < 1.29 is 22.8 Å². The van der Waals surface area contributed by atoms with E-state index in [-0.39, 0.29) is 18.9 Å². The average Bonchev–Trinajstić information content (AvgIpc) is 2.41.